The molecule has 0 N–H and O–H groups in total. The molecule has 0 saturated carbocycles. The number of halogens is 4. The Labute approximate surface area is 114 Å². The summed E-state index contributed by atoms with van der Waals surface area (Å²) in [6, 6.07) is 0.937. The topological polar surface area (TPSA) is 0 Å². The Morgan fingerprint density at radius 2 is 1.91 bits per heavy atom. The zero-order chi connectivity index (χ0) is 7.78. The van der Waals surface area contributed by atoms with E-state index in [1.54, 1.807) is 0 Å². The summed E-state index contributed by atoms with van der Waals surface area (Å²) in [5.74, 6) is 0. The number of thiophene rings is 1. The number of hydrogen-bond acceptors (Lipinski definition) is 1. The van der Waals surface area contributed by atoms with Gasteiger partial charge in [0.1, 0.15) is 0 Å². The fourth-order valence-electron chi connectivity index (χ4n) is 0.495. The quantitative estimate of drug-likeness (QED) is 0.562. The third-order valence-electron chi connectivity index (χ3n) is 0.966. The summed E-state index contributed by atoms with van der Waals surface area (Å²) in [4.78, 5) is 0. The fourth-order valence-corrected chi connectivity index (χ4v) is 1.43. The van der Waals surface area contributed by atoms with E-state index in [0.717, 1.165) is 22.8 Å². The molecule has 0 fully saturated rings. The summed E-state index contributed by atoms with van der Waals surface area (Å²) in [6.45, 7) is -4.86. The molecule has 1 aromatic rings. The van der Waals surface area contributed by atoms with E-state index in [2.05, 4.69) is 0 Å². The Balaban J connectivity index is 0.000001000. The van der Waals surface area contributed by atoms with E-state index < -0.39 is 12.4 Å². The van der Waals surface area contributed by atoms with Crippen LogP contribution in [0, 0.1) is 0 Å². The molecule has 0 saturated heterocycles. The van der Waals surface area contributed by atoms with Crippen LogP contribution in [-0.2, 0) is 0 Å². The average Bonchev–Trinajstić information content (AvgIpc) is 2.11. The van der Waals surface area contributed by atoms with Crippen molar-refractivity contribution in [1.82, 2.24) is 0 Å². The van der Waals surface area contributed by atoms with Gasteiger partial charge in [0.05, 0.1) is 4.34 Å². The molecule has 7 heteroatoms. The van der Waals surface area contributed by atoms with E-state index in [0.29, 0.717) is 0 Å². The first-order valence-electron chi connectivity index (χ1n) is 2.44. The summed E-state index contributed by atoms with van der Waals surface area (Å²) >= 11 is 6.19. The van der Waals surface area contributed by atoms with Crippen LogP contribution in [0.5, 0.6) is 0 Å². The molecule has 0 atom stereocenters. The van der Waals surface area contributed by atoms with Crippen molar-refractivity contribution in [2.75, 3.05) is 0 Å². The van der Waals surface area contributed by atoms with Gasteiger partial charge in [0, 0.05) is 0 Å². The number of hydrogen-bond donors (Lipinski definition) is 0. The van der Waals surface area contributed by atoms with Gasteiger partial charge in [-0.25, -0.2) is 0 Å². The van der Waals surface area contributed by atoms with Gasteiger partial charge < -0.3 is 12.9 Å². The van der Waals surface area contributed by atoms with E-state index in [1.807, 2.05) is 0 Å². The van der Waals surface area contributed by atoms with E-state index >= 15 is 0 Å². The van der Waals surface area contributed by atoms with Crippen LogP contribution in [0.4, 0.5) is 12.9 Å². The van der Waals surface area contributed by atoms with Crippen LogP contribution >= 0.6 is 22.9 Å². The Morgan fingerprint density at radius 3 is 2.09 bits per heavy atom. The first kappa shape index (κ1) is 12.5. The summed E-state index contributed by atoms with van der Waals surface area (Å²) in [5, 5.41) is 1.02. The molecule has 1 heterocycles. The van der Waals surface area contributed by atoms with E-state index in [9.17, 15) is 12.9 Å². The second-order valence-electron chi connectivity index (χ2n) is 1.76. The van der Waals surface area contributed by atoms with Crippen LogP contribution in [0.25, 0.3) is 0 Å². The van der Waals surface area contributed by atoms with Crippen molar-refractivity contribution in [1.29, 1.82) is 0 Å². The van der Waals surface area contributed by atoms with Crippen LogP contribution < -0.4 is 56.8 Å². The zero-order valence-electron chi connectivity index (χ0n) is 5.65. The molecule has 1 rings (SSSR count). The molecule has 0 aliphatic heterocycles. The van der Waals surface area contributed by atoms with Gasteiger partial charge in [0.25, 0.3) is 0 Å². The molecule has 56 valence electrons. The third kappa shape index (κ3) is 3.80. The molecular formula is C4H2BClF3KS. The minimum atomic E-state index is -4.86. The van der Waals surface area contributed by atoms with Crippen LogP contribution in [0.1, 0.15) is 0 Å². The van der Waals surface area contributed by atoms with Crippen LogP contribution in [0.3, 0.4) is 0 Å². The Bertz CT molecular complexity index is 235. The van der Waals surface area contributed by atoms with Gasteiger partial charge in [-0.05, 0) is 5.38 Å². The molecule has 0 spiro atoms. The molecule has 0 aliphatic carbocycles. The summed E-state index contributed by atoms with van der Waals surface area (Å²) < 4.78 is 35.6. The molecule has 0 unspecified atom stereocenters. The molecule has 0 nitrogen and oxygen atoms in total. The van der Waals surface area contributed by atoms with Gasteiger partial charge in [0.15, 0.2) is 0 Å². The maximum absolute atomic E-state index is 11.8. The monoisotopic (exact) mass is 224 g/mol. The van der Waals surface area contributed by atoms with Gasteiger partial charge >= 0.3 is 58.4 Å². The molecule has 1 aromatic heterocycles. The maximum Gasteiger partial charge on any atom is 1.00 e. The van der Waals surface area contributed by atoms with Crippen LogP contribution in [0.15, 0.2) is 11.4 Å². The van der Waals surface area contributed by atoms with Crippen molar-refractivity contribution in [2.24, 2.45) is 0 Å². The maximum atomic E-state index is 11.8. The molecule has 11 heavy (non-hydrogen) atoms. The minimum absolute atomic E-state index is 0. The first-order valence-corrected chi connectivity index (χ1v) is 3.70. The summed E-state index contributed by atoms with van der Waals surface area (Å²) in [5.41, 5.74) is -0.616. The van der Waals surface area contributed by atoms with Gasteiger partial charge in [-0.3, -0.25) is 0 Å². The molecule has 0 bridgehead atoms. The SMILES string of the molecule is F[B-](F)(F)c1csc(Cl)c1.[K+]. The Morgan fingerprint density at radius 1 is 1.36 bits per heavy atom. The normalized spacial score (nSPS) is 10.9. The standard InChI is InChI=1S/C4H2BClF3S.K/c6-4-1-3(2-10-4)5(7,8)9;/h1-2H;/q-1;+1. The second-order valence-corrected chi connectivity index (χ2v) is 3.30. The first-order chi connectivity index (χ1) is 4.50. The van der Waals surface area contributed by atoms with Crippen molar-refractivity contribution in [3.63, 3.8) is 0 Å². The minimum Gasteiger partial charge on any atom is -0.445 e. The molecular weight excluding hydrogens is 222 g/mol. The Kier molecular flexibility index (Phi) is 5.27. The molecule has 0 aliphatic rings. The van der Waals surface area contributed by atoms with Gasteiger partial charge in [-0.2, -0.15) is 0 Å². The fraction of sp³-hybridized carbons (Fsp3) is 0. The smallest absolute Gasteiger partial charge is 0.445 e. The average molecular weight is 224 g/mol. The second kappa shape index (κ2) is 4.64. The van der Waals surface area contributed by atoms with E-state index in [1.165, 1.54) is 0 Å². The summed E-state index contributed by atoms with van der Waals surface area (Å²) in [7, 11) is 0. The summed E-state index contributed by atoms with van der Waals surface area (Å²) in [6.07, 6.45) is 0. The van der Waals surface area contributed by atoms with Crippen molar-refractivity contribution in [3.05, 3.63) is 15.8 Å². The van der Waals surface area contributed by atoms with Gasteiger partial charge in [0.2, 0.25) is 0 Å². The van der Waals surface area contributed by atoms with Crippen molar-refractivity contribution < 1.29 is 64.3 Å². The van der Waals surface area contributed by atoms with Gasteiger partial charge in [-0.1, -0.05) is 23.1 Å². The number of rotatable bonds is 1. The van der Waals surface area contributed by atoms with Crippen LogP contribution in [-0.4, -0.2) is 6.98 Å². The molecule has 0 amide bonds. The molecule has 0 aromatic carbocycles. The van der Waals surface area contributed by atoms with Crippen molar-refractivity contribution in [3.8, 4) is 0 Å². The Hall–Kier alpha value is 1.48. The largest absolute Gasteiger partial charge is 1.00 e. The van der Waals surface area contributed by atoms with Gasteiger partial charge in [-0.15, -0.1) is 11.3 Å². The third-order valence-corrected chi connectivity index (χ3v) is 2.08. The molecule has 0 radical (unpaired) electrons. The van der Waals surface area contributed by atoms with Crippen molar-refractivity contribution >= 4 is 35.4 Å². The van der Waals surface area contributed by atoms with E-state index in [4.69, 9.17) is 11.6 Å². The van der Waals surface area contributed by atoms with E-state index in [-0.39, 0.29) is 55.7 Å². The zero-order valence-corrected chi connectivity index (χ0v) is 10.3. The predicted octanol–water partition coefficient (Wildman–Crippen LogP) is -0.540. The van der Waals surface area contributed by atoms with Crippen LogP contribution in [0.2, 0.25) is 4.34 Å². The predicted molar refractivity (Wildman–Crippen MR) is 38.0 cm³/mol. The van der Waals surface area contributed by atoms with Crippen molar-refractivity contribution in [2.45, 2.75) is 0 Å².